The minimum absolute atomic E-state index is 0.248. The van der Waals surface area contributed by atoms with Gasteiger partial charge in [-0.2, -0.15) is 0 Å². The second-order valence-corrected chi connectivity index (χ2v) is 5.77. The van der Waals surface area contributed by atoms with Crippen LogP contribution in [0.1, 0.15) is 15.9 Å². The largest absolute Gasteiger partial charge is 0.322 e. The van der Waals surface area contributed by atoms with E-state index in [0.717, 1.165) is 5.56 Å². The van der Waals surface area contributed by atoms with Gasteiger partial charge in [-0.3, -0.25) is 9.00 Å². The first-order valence-corrected chi connectivity index (χ1v) is 7.74. The van der Waals surface area contributed by atoms with E-state index in [2.05, 4.69) is 5.32 Å². The predicted molar refractivity (Wildman–Crippen MR) is 78.6 cm³/mol. The van der Waals surface area contributed by atoms with Gasteiger partial charge in [-0.15, -0.1) is 0 Å². The number of carbonyl (C=O) groups excluding carboxylic acids is 1. The molecule has 2 aromatic rings. The molecular formula is C15H14FNO2S. The summed E-state index contributed by atoms with van der Waals surface area (Å²) < 4.78 is 24.4. The average molecular weight is 291 g/mol. The molecule has 0 aromatic heterocycles. The number of hydrogen-bond donors (Lipinski definition) is 1. The van der Waals surface area contributed by atoms with Crippen molar-refractivity contribution in [1.82, 2.24) is 0 Å². The lowest BCUT2D eigenvalue weighted by atomic mass is 10.1. The van der Waals surface area contributed by atoms with E-state index in [4.69, 9.17) is 0 Å². The van der Waals surface area contributed by atoms with Gasteiger partial charge in [0.25, 0.3) is 5.91 Å². The van der Waals surface area contributed by atoms with Crippen molar-refractivity contribution in [3.63, 3.8) is 0 Å². The van der Waals surface area contributed by atoms with E-state index in [1.54, 1.807) is 24.5 Å². The standard InChI is InChI=1S/C15H14FNO2S/c1-20(19)10-12-5-2-3-8-14(12)17-15(18)11-6-4-7-13(16)9-11/h2-9H,10H2,1H3,(H,17,18)/t20-/m0/s1. The molecule has 2 aromatic carbocycles. The first-order valence-electron chi connectivity index (χ1n) is 6.01. The molecule has 0 heterocycles. The quantitative estimate of drug-likeness (QED) is 0.941. The summed E-state index contributed by atoms with van der Waals surface area (Å²) in [5.41, 5.74) is 1.63. The number of para-hydroxylation sites is 1. The van der Waals surface area contributed by atoms with Crippen LogP contribution in [0, 0.1) is 5.82 Å². The summed E-state index contributed by atoms with van der Waals surface area (Å²) in [5.74, 6) is -0.487. The fraction of sp³-hybridized carbons (Fsp3) is 0.133. The Labute approximate surface area is 119 Å². The van der Waals surface area contributed by atoms with Crippen LogP contribution in [-0.2, 0) is 16.6 Å². The Morgan fingerprint density at radius 1 is 1.20 bits per heavy atom. The smallest absolute Gasteiger partial charge is 0.255 e. The van der Waals surface area contributed by atoms with Crippen LogP contribution in [0.3, 0.4) is 0 Å². The van der Waals surface area contributed by atoms with Crippen molar-refractivity contribution >= 4 is 22.4 Å². The summed E-state index contributed by atoms with van der Waals surface area (Å²) in [5, 5.41) is 2.72. The second kappa shape index (κ2) is 6.43. The zero-order valence-corrected chi connectivity index (χ0v) is 11.7. The highest BCUT2D eigenvalue weighted by Crippen LogP contribution is 2.18. The Morgan fingerprint density at radius 2 is 1.95 bits per heavy atom. The van der Waals surface area contributed by atoms with Crippen LogP contribution >= 0.6 is 0 Å². The molecule has 0 saturated carbocycles. The topological polar surface area (TPSA) is 46.2 Å². The lowest BCUT2D eigenvalue weighted by Gasteiger charge is -2.10. The molecule has 0 aliphatic carbocycles. The molecule has 1 amide bonds. The first kappa shape index (κ1) is 14.4. The SMILES string of the molecule is C[S@](=O)Cc1ccccc1NC(=O)c1cccc(F)c1. The van der Waals surface area contributed by atoms with Crippen molar-refractivity contribution in [1.29, 1.82) is 0 Å². The molecule has 0 unspecified atom stereocenters. The molecule has 0 radical (unpaired) electrons. The summed E-state index contributed by atoms with van der Waals surface area (Å²) in [6.45, 7) is 0. The van der Waals surface area contributed by atoms with Gasteiger partial charge in [0.2, 0.25) is 0 Å². The van der Waals surface area contributed by atoms with Gasteiger partial charge in [-0.05, 0) is 29.8 Å². The third-order valence-electron chi connectivity index (χ3n) is 2.71. The molecule has 3 nitrogen and oxygen atoms in total. The van der Waals surface area contributed by atoms with Gasteiger partial charge in [0.05, 0.1) is 5.75 Å². The van der Waals surface area contributed by atoms with E-state index >= 15 is 0 Å². The van der Waals surface area contributed by atoms with E-state index < -0.39 is 16.6 Å². The van der Waals surface area contributed by atoms with Crippen molar-refractivity contribution in [2.45, 2.75) is 5.75 Å². The van der Waals surface area contributed by atoms with Crippen LogP contribution in [0.4, 0.5) is 10.1 Å². The normalized spacial score (nSPS) is 11.9. The maximum absolute atomic E-state index is 13.1. The molecule has 0 aliphatic rings. The Kier molecular flexibility index (Phi) is 4.63. The Balaban J connectivity index is 2.21. The molecule has 0 spiro atoms. The van der Waals surface area contributed by atoms with Gasteiger partial charge >= 0.3 is 0 Å². The highest BCUT2D eigenvalue weighted by Gasteiger charge is 2.10. The maximum atomic E-state index is 13.1. The Morgan fingerprint density at radius 3 is 2.65 bits per heavy atom. The highest BCUT2D eigenvalue weighted by atomic mass is 32.2. The summed E-state index contributed by atoms with van der Waals surface area (Å²) in [4.78, 5) is 12.1. The minimum Gasteiger partial charge on any atom is -0.322 e. The Bertz CT molecular complexity index is 658. The average Bonchev–Trinajstić information content (AvgIpc) is 2.40. The minimum atomic E-state index is -1.00. The third-order valence-corrected chi connectivity index (χ3v) is 3.43. The molecule has 1 N–H and O–H groups in total. The van der Waals surface area contributed by atoms with E-state index in [-0.39, 0.29) is 11.5 Å². The molecule has 0 aliphatic heterocycles. The number of halogens is 1. The zero-order valence-electron chi connectivity index (χ0n) is 10.9. The van der Waals surface area contributed by atoms with Gasteiger partial charge in [-0.1, -0.05) is 24.3 Å². The number of anilines is 1. The monoisotopic (exact) mass is 291 g/mol. The fourth-order valence-electron chi connectivity index (χ4n) is 1.81. The third kappa shape index (κ3) is 3.74. The van der Waals surface area contributed by atoms with Gasteiger partial charge < -0.3 is 5.32 Å². The van der Waals surface area contributed by atoms with Crippen molar-refractivity contribution in [2.75, 3.05) is 11.6 Å². The molecular weight excluding hydrogens is 277 g/mol. The summed E-state index contributed by atoms with van der Waals surface area (Å²) in [6, 6.07) is 12.6. The zero-order chi connectivity index (χ0) is 14.5. The van der Waals surface area contributed by atoms with Crippen molar-refractivity contribution in [3.05, 3.63) is 65.5 Å². The van der Waals surface area contributed by atoms with Gasteiger partial charge in [-0.25, -0.2) is 4.39 Å². The molecule has 2 rings (SSSR count). The lowest BCUT2D eigenvalue weighted by molar-refractivity contribution is 0.102. The van der Waals surface area contributed by atoms with Crippen LogP contribution in [0.2, 0.25) is 0 Å². The number of nitrogens with one attached hydrogen (secondary N) is 1. The number of amides is 1. The molecule has 20 heavy (non-hydrogen) atoms. The fourth-order valence-corrected chi connectivity index (χ4v) is 2.50. The molecule has 5 heteroatoms. The van der Waals surface area contributed by atoms with Crippen LogP contribution in [0.15, 0.2) is 48.5 Å². The molecule has 0 saturated heterocycles. The summed E-state index contributed by atoms with van der Waals surface area (Å²) >= 11 is 0. The van der Waals surface area contributed by atoms with Crippen LogP contribution in [0.25, 0.3) is 0 Å². The number of benzene rings is 2. The molecule has 0 bridgehead atoms. The van der Waals surface area contributed by atoms with E-state index in [0.29, 0.717) is 11.4 Å². The number of carbonyl (C=O) groups is 1. The summed E-state index contributed by atoms with van der Waals surface area (Å²) in [6.07, 6.45) is 1.60. The van der Waals surface area contributed by atoms with Gasteiger partial charge in [0.1, 0.15) is 5.82 Å². The van der Waals surface area contributed by atoms with E-state index in [1.807, 2.05) is 12.1 Å². The van der Waals surface area contributed by atoms with Crippen molar-refractivity contribution in [2.24, 2.45) is 0 Å². The Hall–Kier alpha value is -2.01. The van der Waals surface area contributed by atoms with Crippen LogP contribution < -0.4 is 5.32 Å². The number of rotatable bonds is 4. The van der Waals surface area contributed by atoms with Crippen molar-refractivity contribution < 1.29 is 13.4 Å². The maximum Gasteiger partial charge on any atom is 0.255 e. The van der Waals surface area contributed by atoms with E-state index in [1.165, 1.54) is 18.2 Å². The summed E-state index contributed by atoms with van der Waals surface area (Å²) in [7, 11) is -1.00. The van der Waals surface area contributed by atoms with Gasteiger partial charge in [0, 0.05) is 28.3 Å². The van der Waals surface area contributed by atoms with Crippen LogP contribution in [-0.4, -0.2) is 16.4 Å². The molecule has 104 valence electrons. The lowest BCUT2D eigenvalue weighted by Crippen LogP contribution is -2.13. The predicted octanol–water partition coefficient (Wildman–Crippen LogP) is 2.96. The van der Waals surface area contributed by atoms with Crippen LogP contribution in [0.5, 0.6) is 0 Å². The second-order valence-electron chi connectivity index (χ2n) is 4.34. The van der Waals surface area contributed by atoms with E-state index in [9.17, 15) is 13.4 Å². The first-order chi connectivity index (χ1) is 9.56. The van der Waals surface area contributed by atoms with Gasteiger partial charge in [0.15, 0.2) is 0 Å². The van der Waals surface area contributed by atoms with Crippen molar-refractivity contribution in [3.8, 4) is 0 Å². The highest BCUT2D eigenvalue weighted by molar-refractivity contribution is 7.83. The number of hydrogen-bond acceptors (Lipinski definition) is 2. The molecule has 1 atom stereocenters. The molecule has 0 fully saturated rings.